The highest BCUT2D eigenvalue weighted by molar-refractivity contribution is 7.26. The van der Waals surface area contributed by atoms with E-state index in [1.807, 2.05) is 29.7 Å². The van der Waals surface area contributed by atoms with Crippen molar-refractivity contribution in [3.63, 3.8) is 0 Å². The topological polar surface area (TPSA) is 51.6 Å². The fraction of sp³-hybridized carbons (Fsp3) is 0. The van der Waals surface area contributed by atoms with Crippen LogP contribution >= 0.6 is 22.7 Å². The molecule has 6 heteroatoms. The average molecular weight is 675 g/mol. The lowest BCUT2D eigenvalue weighted by atomic mass is 10.0. The Hall–Kier alpha value is -6.08. The van der Waals surface area contributed by atoms with E-state index in [9.17, 15) is 0 Å². The molecule has 0 aliphatic rings. The van der Waals surface area contributed by atoms with Crippen LogP contribution in [0.4, 0.5) is 0 Å². The summed E-state index contributed by atoms with van der Waals surface area (Å²) in [5.74, 6) is 1.84. The molecule has 234 valence electrons. The SMILES string of the molecule is c1ccc(-c2ccc(-c3nc(-c4ccc5c(c4)sc4ccccc45)nc(-c4cccnc4-c4ccc5sc6ccccc6c5c4)n3)cc2)cc1. The van der Waals surface area contributed by atoms with E-state index in [1.54, 1.807) is 11.3 Å². The first-order chi connectivity index (χ1) is 24.7. The van der Waals surface area contributed by atoms with Crippen molar-refractivity contribution in [2.45, 2.75) is 0 Å². The normalized spacial score (nSPS) is 11.6. The van der Waals surface area contributed by atoms with Crippen LogP contribution in [0.2, 0.25) is 0 Å². The molecule has 0 saturated carbocycles. The van der Waals surface area contributed by atoms with Crippen LogP contribution in [0.1, 0.15) is 0 Å². The van der Waals surface area contributed by atoms with E-state index >= 15 is 0 Å². The predicted molar refractivity (Wildman–Crippen MR) is 211 cm³/mol. The standard InChI is InChI=1S/C44H26N4S2/c1-2-9-27(10-3-1)28-16-18-29(19-17-28)42-46-43(31-20-22-34-32-11-4-6-14-37(32)50-40(34)26-31)48-44(47-42)35-13-8-24-45-41(35)30-21-23-39-36(25-30)33-12-5-7-15-38(33)49-39/h1-26H. The van der Waals surface area contributed by atoms with Gasteiger partial charge in [-0.25, -0.2) is 15.0 Å². The zero-order chi connectivity index (χ0) is 33.0. The highest BCUT2D eigenvalue weighted by atomic mass is 32.1. The van der Waals surface area contributed by atoms with E-state index in [0.29, 0.717) is 17.5 Å². The molecule has 0 aliphatic heterocycles. The van der Waals surface area contributed by atoms with Gasteiger partial charge in [0, 0.05) is 68.8 Å². The number of aromatic nitrogens is 4. The minimum Gasteiger partial charge on any atom is -0.255 e. The Morgan fingerprint density at radius 3 is 1.70 bits per heavy atom. The van der Waals surface area contributed by atoms with Gasteiger partial charge in [0.1, 0.15) is 0 Å². The predicted octanol–water partition coefficient (Wildman–Crippen LogP) is 12.3. The lowest BCUT2D eigenvalue weighted by Gasteiger charge is -2.12. The quantitative estimate of drug-likeness (QED) is 0.182. The summed E-state index contributed by atoms with van der Waals surface area (Å²) in [7, 11) is 0. The van der Waals surface area contributed by atoms with Crippen molar-refractivity contribution in [2.75, 3.05) is 0 Å². The van der Waals surface area contributed by atoms with Gasteiger partial charge >= 0.3 is 0 Å². The second kappa shape index (κ2) is 11.8. The van der Waals surface area contributed by atoms with Crippen LogP contribution in [-0.4, -0.2) is 19.9 Å². The van der Waals surface area contributed by atoms with E-state index in [2.05, 4.69) is 140 Å². The number of hydrogen-bond acceptors (Lipinski definition) is 6. The van der Waals surface area contributed by atoms with E-state index in [0.717, 1.165) is 33.5 Å². The van der Waals surface area contributed by atoms with Crippen molar-refractivity contribution in [1.29, 1.82) is 0 Å². The number of rotatable bonds is 5. The van der Waals surface area contributed by atoms with Crippen molar-refractivity contribution in [3.05, 3.63) is 158 Å². The third-order valence-corrected chi connectivity index (χ3v) is 11.5. The van der Waals surface area contributed by atoms with Crippen LogP contribution in [0.25, 0.3) is 96.9 Å². The molecule has 0 spiro atoms. The highest BCUT2D eigenvalue weighted by Gasteiger charge is 2.18. The summed E-state index contributed by atoms with van der Waals surface area (Å²) in [6.45, 7) is 0. The molecule has 50 heavy (non-hydrogen) atoms. The van der Waals surface area contributed by atoms with Gasteiger partial charge in [0.05, 0.1) is 5.69 Å². The second-order valence-electron chi connectivity index (χ2n) is 12.3. The lowest BCUT2D eigenvalue weighted by molar-refractivity contribution is 1.07. The molecule has 6 aromatic carbocycles. The molecule has 10 rings (SSSR count). The molecule has 4 nitrogen and oxygen atoms in total. The Kier molecular flexibility index (Phi) is 6.82. The molecule has 0 radical (unpaired) electrons. The van der Waals surface area contributed by atoms with Crippen LogP contribution in [0.3, 0.4) is 0 Å². The monoisotopic (exact) mass is 674 g/mol. The molecular formula is C44H26N4S2. The summed E-state index contributed by atoms with van der Waals surface area (Å²) in [4.78, 5) is 20.3. The Morgan fingerprint density at radius 2 is 0.900 bits per heavy atom. The molecule has 0 N–H and O–H groups in total. The van der Waals surface area contributed by atoms with Gasteiger partial charge in [0.2, 0.25) is 0 Å². The van der Waals surface area contributed by atoms with Gasteiger partial charge in [-0.15, -0.1) is 22.7 Å². The number of fused-ring (bicyclic) bond motifs is 6. The van der Waals surface area contributed by atoms with Gasteiger partial charge in [-0.2, -0.15) is 0 Å². The van der Waals surface area contributed by atoms with Crippen LogP contribution in [0.5, 0.6) is 0 Å². The zero-order valence-electron chi connectivity index (χ0n) is 26.6. The van der Waals surface area contributed by atoms with E-state index in [1.165, 1.54) is 45.9 Å². The maximum absolute atomic E-state index is 5.16. The average Bonchev–Trinajstić information content (AvgIpc) is 3.76. The summed E-state index contributed by atoms with van der Waals surface area (Å²) < 4.78 is 5.01. The number of thiophene rings is 2. The molecule has 0 saturated heterocycles. The molecule has 0 bridgehead atoms. The number of pyridine rings is 1. The van der Waals surface area contributed by atoms with E-state index in [-0.39, 0.29) is 0 Å². The first-order valence-corrected chi connectivity index (χ1v) is 18.1. The largest absolute Gasteiger partial charge is 0.255 e. The van der Waals surface area contributed by atoms with Crippen molar-refractivity contribution >= 4 is 63.0 Å². The van der Waals surface area contributed by atoms with Crippen LogP contribution in [-0.2, 0) is 0 Å². The third kappa shape index (κ3) is 4.96. The summed E-state index contributed by atoms with van der Waals surface area (Å²) in [6.07, 6.45) is 1.84. The van der Waals surface area contributed by atoms with Gasteiger partial charge in [0.25, 0.3) is 0 Å². The lowest BCUT2D eigenvalue weighted by Crippen LogP contribution is -2.01. The maximum atomic E-state index is 5.16. The first kappa shape index (κ1) is 28.9. The van der Waals surface area contributed by atoms with Crippen molar-refractivity contribution in [2.24, 2.45) is 0 Å². The number of hydrogen-bond donors (Lipinski definition) is 0. The highest BCUT2D eigenvalue weighted by Crippen LogP contribution is 2.39. The summed E-state index contributed by atoms with van der Waals surface area (Å²) in [5.41, 5.74) is 6.92. The minimum absolute atomic E-state index is 0.590. The zero-order valence-corrected chi connectivity index (χ0v) is 28.2. The molecule has 0 aliphatic carbocycles. The molecule has 10 aromatic rings. The summed E-state index contributed by atoms with van der Waals surface area (Å²) >= 11 is 3.61. The van der Waals surface area contributed by atoms with Gasteiger partial charge in [-0.05, 0) is 53.6 Å². The Labute approximate surface area is 296 Å². The molecule has 0 fully saturated rings. The van der Waals surface area contributed by atoms with Crippen molar-refractivity contribution in [1.82, 2.24) is 19.9 Å². The smallest absolute Gasteiger partial charge is 0.166 e. The molecule has 0 atom stereocenters. The van der Waals surface area contributed by atoms with Crippen molar-refractivity contribution in [3.8, 4) is 56.5 Å². The summed E-state index contributed by atoms with van der Waals surface area (Å²) in [6, 6.07) is 53.2. The Balaban J connectivity index is 1.15. The number of nitrogens with zero attached hydrogens (tertiary/aromatic N) is 4. The molecular weight excluding hydrogens is 649 g/mol. The van der Waals surface area contributed by atoms with Gasteiger partial charge in [-0.1, -0.05) is 109 Å². The Bertz CT molecular complexity index is 2870. The number of benzene rings is 6. The molecule has 4 heterocycles. The molecule has 0 amide bonds. The van der Waals surface area contributed by atoms with Crippen LogP contribution < -0.4 is 0 Å². The van der Waals surface area contributed by atoms with Crippen LogP contribution in [0.15, 0.2) is 158 Å². The van der Waals surface area contributed by atoms with Gasteiger partial charge in [0.15, 0.2) is 17.5 Å². The fourth-order valence-corrected chi connectivity index (χ4v) is 8.98. The summed E-state index contributed by atoms with van der Waals surface area (Å²) in [5, 5.41) is 5.00. The maximum Gasteiger partial charge on any atom is 0.166 e. The van der Waals surface area contributed by atoms with Crippen molar-refractivity contribution < 1.29 is 0 Å². The van der Waals surface area contributed by atoms with E-state index < -0.39 is 0 Å². The molecule has 0 unspecified atom stereocenters. The molecule has 4 aromatic heterocycles. The minimum atomic E-state index is 0.590. The first-order valence-electron chi connectivity index (χ1n) is 16.5. The third-order valence-electron chi connectivity index (χ3n) is 9.22. The van der Waals surface area contributed by atoms with Gasteiger partial charge in [-0.3, -0.25) is 4.98 Å². The van der Waals surface area contributed by atoms with Gasteiger partial charge < -0.3 is 0 Å². The Morgan fingerprint density at radius 1 is 0.340 bits per heavy atom. The van der Waals surface area contributed by atoms with Crippen LogP contribution in [0, 0.1) is 0 Å². The fourth-order valence-electron chi connectivity index (χ4n) is 6.75. The second-order valence-corrected chi connectivity index (χ2v) is 14.4. The van der Waals surface area contributed by atoms with E-state index in [4.69, 9.17) is 19.9 Å².